The van der Waals surface area contributed by atoms with Crippen LogP contribution in [-0.2, 0) is 16.6 Å². The number of aliphatic carboxylic acids is 1. The van der Waals surface area contributed by atoms with Gasteiger partial charge in [-0.25, -0.2) is 4.68 Å². The van der Waals surface area contributed by atoms with Gasteiger partial charge in [0, 0.05) is 19.0 Å². The third-order valence-electron chi connectivity index (χ3n) is 2.21. The van der Waals surface area contributed by atoms with Crippen molar-refractivity contribution in [3.05, 3.63) is 24.6 Å². The zero-order valence-electron chi connectivity index (χ0n) is 10.4. The Morgan fingerprint density at radius 2 is 2.21 bits per heavy atom. The topological polar surface area (TPSA) is 118 Å². The van der Waals surface area contributed by atoms with Crippen LogP contribution in [0.15, 0.2) is 18.7 Å². The molecule has 1 unspecified atom stereocenters. The maximum atomic E-state index is 11.2. The molecule has 0 spiro atoms. The molecule has 1 rings (SSSR count). The summed E-state index contributed by atoms with van der Waals surface area (Å²) in [5, 5.41) is 28.7. The Kier molecular flexibility index (Phi) is 5.07. The third kappa shape index (κ3) is 4.80. The Bertz CT molecular complexity index is 521. The molecule has 0 aromatic carbocycles. The van der Waals surface area contributed by atoms with E-state index in [-0.39, 0.29) is 6.42 Å². The Hall–Kier alpha value is -2.35. The number of aromatic nitrogens is 4. The van der Waals surface area contributed by atoms with Crippen LogP contribution in [0.3, 0.4) is 0 Å². The molecule has 0 saturated heterocycles. The van der Waals surface area contributed by atoms with Crippen molar-refractivity contribution in [2.45, 2.75) is 18.9 Å². The summed E-state index contributed by atoms with van der Waals surface area (Å²) in [6.45, 7) is 3.72. The van der Waals surface area contributed by atoms with E-state index < -0.39 is 24.3 Å². The largest absolute Gasteiger partial charge is 0.481 e. The average molecular weight is 266 g/mol. The number of aryl methyl sites for hydroxylation is 1. The van der Waals surface area contributed by atoms with Crippen LogP contribution in [0.25, 0.3) is 5.57 Å². The molecule has 1 atom stereocenters. The zero-order valence-corrected chi connectivity index (χ0v) is 10.4. The van der Waals surface area contributed by atoms with Crippen LogP contribution in [0.5, 0.6) is 0 Å². The molecule has 1 aromatic rings. The number of tetrazole rings is 1. The molecule has 0 saturated carbocycles. The minimum absolute atomic E-state index is 0.257. The Morgan fingerprint density at radius 1 is 1.53 bits per heavy atom. The molecule has 8 heteroatoms. The van der Waals surface area contributed by atoms with Crippen LogP contribution < -0.4 is 0 Å². The first kappa shape index (κ1) is 14.7. The van der Waals surface area contributed by atoms with Gasteiger partial charge in [0.25, 0.3) is 0 Å². The summed E-state index contributed by atoms with van der Waals surface area (Å²) in [6, 6.07) is 0. The van der Waals surface area contributed by atoms with Gasteiger partial charge in [-0.3, -0.25) is 9.59 Å². The molecule has 0 aliphatic carbocycles. The molecular formula is C11H14N4O4. The van der Waals surface area contributed by atoms with E-state index in [1.165, 1.54) is 16.8 Å². The number of carboxylic acid groups (broad SMARTS) is 1. The maximum Gasteiger partial charge on any atom is 0.310 e. The van der Waals surface area contributed by atoms with Crippen LogP contribution in [-0.4, -0.2) is 48.3 Å². The number of aliphatic hydroxyl groups excluding tert-OH is 1. The van der Waals surface area contributed by atoms with Crippen LogP contribution in [0.1, 0.15) is 18.7 Å². The lowest BCUT2D eigenvalue weighted by molar-refractivity contribution is -0.140. The Morgan fingerprint density at radius 3 is 2.74 bits per heavy atom. The van der Waals surface area contributed by atoms with E-state index in [4.69, 9.17) is 5.11 Å². The Balaban J connectivity index is 2.52. The quantitative estimate of drug-likeness (QED) is 0.508. The third-order valence-corrected chi connectivity index (χ3v) is 2.21. The molecule has 1 aromatic heterocycles. The summed E-state index contributed by atoms with van der Waals surface area (Å²) < 4.78 is 1.41. The highest BCUT2D eigenvalue weighted by Gasteiger charge is 2.12. The van der Waals surface area contributed by atoms with Gasteiger partial charge in [0.1, 0.15) is 12.2 Å². The molecule has 1 heterocycles. The number of hydrogen-bond acceptors (Lipinski definition) is 6. The van der Waals surface area contributed by atoms with Crippen molar-refractivity contribution in [3.8, 4) is 0 Å². The molecular weight excluding hydrogens is 252 g/mol. The number of carbonyl (C=O) groups excluding carboxylic acids is 1. The number of nitrogens with zero attached hydrogens (tertiary/aromatic N) is 4. The number of carboxylic acids is 1. The highest BCUT2D eigenvalue weighted by atomic mass is 16.4. The standard InChI is InChI=1S/C11H14N4O4/c1-7(11-12-13-14-15(11)2)3-4-8(16)5-9(17)6-10(18)19/h3-4,8,16H,1,5-6H2,2H3,(H,18,19). The molecule has 0 bridgehead atoms. The molecule has 102 valence electrons. The highest BCUT2D eigenvalue weighted by molar-refractivity contribution is 5.95. The number of allylic oxidation sites excluding steroid dienone is 2. The molecule has 0 aliphatic heterocycles. The summed E-state index contributed by atoms with van der Waals surface area (Å²) in [7, 11) is 1.64. The first-order valence-corrected chi connectivity index (χ1v) is 5.41. The highest BCUT2D eigenvalue weighted by Crippen LogP contribution is 2.09. The van der Waals surface area contributed by atoms with Gasteiger partial charge in [-0.1, -0.05) is 18.7 Å². The lowest BCUT2D eigenvalue weighted by Crippen LogP contribution is -2.14. The fraction of sp³-hybridized carbons (Fsp3) is 0.364. The lowest BCUT2D eigenvalue weighted by Gasteiger charge is -2.03. The minimum Gasteiger partial charge on any atom is -0.481 e. The van der Waals surface area contributed by atoms with Crippen LogP contribution >= 0.6 is 0 Å². The number of rotatable bonds is 7. The van der Waals surface area contributed by atoms with Gasteiger partial charge >= 0.3 is 5.97 Å². The van der Waals surface area contributed by atoms with Crippen LogP contribution in [0.2, 0.25) is 0 Å². The molecule has 0 amide bonds. The van der Waals surface area contributed by atoms with Gasteiger partial charge in [-0.2, -0.15) is 0 Å². The molecule has 8 nitrogen and oxygen atoms in total. The summed E-state index contributed by atoms with van der Waals surface area (Å²) in [6.07, 6.45) is 0.901. The fourth-order valence-electron chi connectivity index (χ4n) is 1.35. The van der Waals surface area contributed by atoms with E-state index in [0.29, 0.717) is 11.4 Å². The predicted octanol–water partition coefficient (Wildman–Crippen LogP) is -0.426. The molecule has 0 radical (unpaired) electrons. The van der Waals surface area contributed by atoms with Crippen molar-refractivity contribution >= 4 is 17.3 Å². The molecule has 0 fully saturated rings. The van der Waals surface area contributed by atoms with Gasteiger partial charge in [0.05, 0.1) is 6.10 Å². The van der Waals surface area contributed by atoms with Crippen molar-refractivity contribution in [2.24, 2.45) is 7.05 Å². The second-order valence-corrected chi connectivity index (χ2v) is 3.89. The van der Waals surface area contributed by atoms with E-state index in [9.17, 15) is 14.7 Å². The van der Waals surface area contributed by atoms with Crippen molar-refractivity contribution in [1.82, 2.24) is 20.2 Å². The molecule has 19 heavy (non-hydrogen) atoms. The summed E-state index contributed by atoms with van der Waals surface area (Å²) in [4.78, 5) is 21.4. The SMILES string of the molecule is C=C(C=CC(O)CC(=O)CC(=O)O)c1nnnn1C. The second kappa shape index (κ2) is 6.55. The number of Topliss-reactive ketones (excluding diaryl/α,β-unsaturated/α-hetero) is 1. The van der Waals surface area contributed by atoms with Gasteiger partial charge in [0.15, 0.2) is 5.82 Å². The molecule has 2 N–H and O–H groups in total. The van der Waals surface area contributed by atoms with Crippen molar-refractivity contribution in [3.63, 3.8) is 0 Å². The van der Waals surface area contributed by atoms with Crippen LogP contribution in [0, 0.1) is 0 Å². The minimum atomic E-state index is -1.21. The average Bonchev–Trinajstić information content (AvgIpc) is 2.71. The van der Waals surface area contributed by atoms with Crippen LogP contribution in [0.4, 0.5) is 0 Å². The Labute approximate surface area is 109 Å². The first-order chi connectivity index (χ1) is 8.90. The number of aliphatic hydroxyl groups is 1. The van der Waals surface area contributed by atoms with Gasteiger partial charge in [-0.15, -0.1) is 5.10 Å². The van der Waals surface area contributed by atoms with Crippen molar-refractivity contribution < 1.29 is 19.8 Å². The number of hydrogen-bond donors (Lipinski definition) is 2. The van der Waals surface area contributed by atoms with E-state index in [1.54, 1.807) is 7.05 Å². The monoisotopic (exact) mass is 266 g/mol. The van der Waals surface area contributed by atoms with Gasteiger partial charge in [0.2, 0.25) is 0 Å². The molecule has 0 aliphatic rings. The number of carbonyl (C=O) groups is 2. The van der Waals surface area contributed by atoms with E-state index >= 15 is 0 Å². The first-order valence-electron chi connectivity index (χ1n) is 5.41. The van der Waals surface area contributed by atoms with Crippen molar-refractivity contribution in [2.75, 3.05) is 0 Å². The normalized spacial score (nSPS) is 12.5. The second-order valence-electron chi connectivity index (χ2n) is 3.89. The predicted molar refractivity (Wildman–Crippen MR) is 64.9 cm³/mol. The van der Waals surface area contributed by atoms with E-state index in [1.807, 2.05) is 0 Å². The lowest BCUT2D eigenvalue weighted by atomic mass is 10.1. The maximum absolute atomic E-state index is 11.2. The van der Waals surface area contributed by atoms with E-state index in [2.05, 4.69) is 22.1 Å². The van der Waals surface area contributed by atoms with E-state index in [0.717, 1.165) is 0 Å². The smallest absolute Gasteiger partial charge is 0.310 e. The van der Waals surface area contributed by atoms with Crippen molar-refractivity contribution in [1.29, 1.82) is 0 Å². The fourth-order valence-corrected chi connectivity index (χ4v) is 1.35. The van der Waals surface area contributed by atoms with Gasteiger partial charge < -0.3 is 10.2 Å². The zero-order chi connectivity index (χ0) is 14.4. The summed E-state index contributed by atoms with van der Waals surface area (Å²) in [5.41, 5.74) is 0.470. The summed E-state index contributed by atoms with van der Waals surface area (Å²) in [5.74, 6) is -1.33. The number of ketones is 1. The van der Waals surface area contributed by atoms with Gasteiger partial charge in [-0.05, 0) is 10.4 Å². The summed E-state index contributed by atoms with van der Waals surface area (Å²) >= 11 is 0.